The Bertz CT molecular complexity index is 610. The van der Waals surface area contributed by atoms with Crippen LogP contribution in [-0.2, 0) is 19.1 Å². The molecule has 1 aromatic carbocycles. The molecule has 6 nitrogen and oxygen atoms in total. The fourth-order valence-corrected chi connectivity index (χ4v) is 2.36. The fraction of sp³-hybridized carbons (Fsp3) is 0.476. The zero-order chi connectivity index (χ0) is 21.4. The Labute approximate surface area is 162 Å². The molecule has 1 heterocycles. The number of esters is 2. The number of benzene rings is 1. The van der Waals surface area contributed by atoms with Crippen LogP contribution in [0.2, 0.25) is 0 Å². The van der Waals surface area contributed by atoms with E-state index in [1.165, 1.54) is 12.0 Å². The molecule has 0 aromatic heterocycles. The smallest absolute Gasteiger partial charge is 0.338 e. The van der Waals surface area contributed by atoms with Crippen molar-refractivity contribution < 1.29 is 23.9 Å². The highest BCUT2D eigenvalue weighted by molar-refractivity contribution is 5.93. The Kier molecular flexibility index (Phi) is 15.1. The molecule has 1 saturated heterocycles. The largest absolute Gasteiger partial charge is 0.465 e. The van der Waals surface area contributed by atoms with Crippen LogP contribution in [0.25, 0.3) is 0 Å². The number of rotatable bonds is 5. The molecule has 2 rings (SSSR count). The van der Waals surface area contributed by atoms with Gasteiger partial charge in [0.05, 0.1) is 31.7 Å². The molecule has 0 saturated carbocycles. The van der Waals surface area contributed by atoms with Crippen LogP contribution in [0.1, 0.15) is 63.0 Å². The first-order valence-electron chi connectivity index (χ1n) is 9.04. The first-order chi connectivity index (χ1) is 13.1. The van der Waals surface area contributed by atoms with Crippen molar-refractivity contribution in [3.63, 3.8) is 0 Å². The highest BCUT2D eigenvalue weighted by Gasteiger charge is 2.40. The van der Waals surface area contributed by atoms with Gasteiger partial charge in [-0.05, 0) is 18.6 Å². The zero-order valence-corrected chi connectivity index (χ0v) is 17.2. The molecule has 1 aromatic rings. The lowest BCUT2D eigenvalue weighted by Gasteiger charge is -2.40. The molecular weight excluding hydrogens is 346 g/mol. The lowest BCUT2D eigenvalue weighted by Crippen LogP contribution is -2.49. The maximum Gasteiger partial charge on any atom is 0.338 e. The van der Waals surface area contributed by atoms with Crippen molar-refractivity contribution in [1.82, 2.24) is 4.90 Å². The Balaban J connectivity index is 0. The molecule has 1 aliphatic rings. The number of terminal acetylenes is 1. The molecule has 0 unspecified atom stereocenters. The van der Waals surface area contributed by atoms with Crippen LogP contribution in [0.3, 0.4) is 0 Å². The number of carbonyl (C=O) groups is 3. The summed E-state index contributed by atoms with van der Waals surface area (Å²) in [6, 6.07) is 6.63. The van der Waals surface area contributed by atoms with Gasteiger partial charge in [0.1, 0.15) is 6.54 Å². The van der Waals surface area contributed by atoms with Gasteiger partial charge in [-0.15, -0.1) is 12.8 Å². The number of ether oxygens (including phenoxy) is 2. The van der Waals surface area contributed by atoms with Crippen molar-refractivity contribution in [2.75, 3.05) is 20.3 Å². The topological polar surface area (TPSA) is 72.9 Å². The minimum Gasteiger partial charge on any atom is -0.465 e. The molecule has 0 radical (unpaired) electrons. The second-order valence-electron chi connectivity index (χ2n) is 4.63. The van der Waals surface area contributed by atoms with Gasteiger partial charge in [0.2, 0.25) is 5.91 Å². The molecule has 1 aliphatic heterocycles. The first-order valence-corrected chi connectivity index (χ1v) is 9.04. The maximum absolute atomic E-state index is 11.8. The third kappa shape index (κ3) is 7.53. The van der Waals surface area contributed by atoms with Gasteiger partial charge in [-0.3, -0.25) is 9.59 Å². The molecule has 150 valence electrons. The Morgan fingerprint density at radius 1 is 1.15 bits per heavy atom. The van der Waals surface area contributed by atoms with E-state index in [9.17, 15) is 14.4 Å². The normalized spacial score (nSPS) is 13.9. The van der Waals surface area contributed by atoms with Crippen LogP contribution in [0, 0.1) is 12.8 Å². The average Bonchev–Trinajstić information content (AvgIpc) is 2.74. The zero-order valence-electron chi connectivity index (χ0n) is 17.2. The molecule has 0 aliphatic carbocycles. The van der Waals surface area contributed by atoms with E-state index in [1.54, 1.807) is 31.2 Å². The summed E-state index contributed by atoms with van der Waals surface area (Å²) >= 11 is 0. The van der Waals surface area contributed by atoms with Crippen molar-refractivity contribution in [1.29, 1.82) is 0 Å². The monoisotopic (exact) mass is 377 g/mol. The number of hydrogen-bond acceptors (Lipinski definition) is 5. The molecule has 27 heavy (non-hydrogen) atoms. The van der Waals surface area contributed by atoms with Crippen molar-refractivity contribution in [3.05, 3.63) is 35.4 Å². The van der Waals surface area contributed by atoms with Crippen LogP contribution in [-0.4, -0.2) is 43.0 Å². The Morgan fingerprint density at radius 2 is 1.70 bits per heavy atom. The average molecular weight is 377 g/mol. The molecule has 6 heteroatoms. The summed E-state index contributed by atoms with van der Waals surface area (Å²) in [5.41, 5.74) is 1.10. The number of amides is 1. The predicted molar refractivity (Wildman–Crippen MR) is 106 cm³/mol. The van der Waals surface area contributed by atoms with E-state index in [-0.39, 0.29) is 31.5 Å². The van der Waals surface area contributed by atoms with Crippen LogP contribution in [0.4, 0.5) is 0 Å². The molecule has 0 bridgehead atoms. The highest BCUT2D eigenvalue weighted by atomic mass is 16.5. The number of hydrogen-bond donors (Lipinski definition) is 0. The Morgan fingerprint density at radius 3 is 2.19 bits per heavy atom. The van der Waals surface area contributed by atoms with Gasteiger partial charge in [0, 0.05) is 0 Å². The summed E-state index contributed by atoms with van der Waals surface area (Å²) in [5.74, 6) is -1.04. The van der Waals surface area contributed by atoms with Crippen LogP contribution in [0.5, 0.6) is 0 Å². The van der Waals surface area contributed by atoms with E-state index in [4.69, 9.17) is 9.47 Å². The first kappa shape index (κ1) is 26.4. The van der Waals surface area contributed by atoms with E-state index in [2.05, 4.69) is 12.8 Å². The molecule has 0 N–H and O–H groups in total. The van der Waals surface area contributed by atoms with Crippen LogP contribution < -0.4 is 0 Å². The van der Waals surface area contributed by atoms with Crippen LogP contribution >= 0.6 is 0 Å². The number of methoxy groups -OCH3 is 1. The van der Waals surface area contributed by atoms with E-state index < -0.39 is 11.9 Å². The summed E-state index contributed by atoms with van der Waals surface area (Å²) in [5, 5.41) is 0. The van der Waals surface area contributed by atoms with Crippen molar-refractivity contribution in [3.8, 4) is 12.8 Å². The quantitative estimate of drug-likeness (QED) is 0.445. The Hall–Kier alpha value is -2.81. The number of β-lactam (4-membered cyclic amide) rings is 1. The van der Waals surface area contributed by atoms with E-state index in [0.29, 0.717) is 11.1 Å². The number of likely N-dealkylation sites (tertiary alicyclic amines) is 1. The minimum atomic E-state index is -0.457. The van der Waals surface area contributed by atoms with Crippen molar-refractivity contribution in [2.24, 2.45) is 0 Å². The number of carbonyl (C=O) groups excluding carboxylic acids is 3. The summed E-state index contributed by atoms with van der Waals surface area (Å²) in [4.78, 5) is 36.4. The second-order valence-corrected chi connectivity index (χ2v) is 4.63. The lowest BCUT2D eigenvalue weighted by molar-refractivity contribution is -0.157. The molecule has 1 fully saturated rings. The van der Waals surface area contributed by atoms with Gasteiger partial charge in [0.25, 0.3) is 0 Å². The van der Waals surface area contributed by atoms with Crippen LogP contribution in [0.15, 0.2) is 24.3 Å². The van der Waals surface area contributed by atoms with Gasteiger partial charge in [0.15, 0.2) is 0 Å². The van der Waals surface area contributed by atoms with Gasteiger partial charge >= 0.3 is 11.9 Å². The molecule has 1 atom stereocenters. The molecule has 1 amide bonds. The van der Waals surface area contributed by atoms with Gasteiger partial charge in [-0.2, -0.15) is 0 Å². The minimum absolute atomic E-state index is 0.104. The third-order valence-corrected chi connectivity index (χ3v) is 3.39. The fourth-order valence-electron chi connectivity index (χ4n) is 2.36. The summed E-state index contributed by atoms with van der Waals surface area (Å²) in [6.07, 6.45) is 8.27. The van der Waals surface area contributed by atoms with E-state index >= 15 is 0 Å². The van der Waals surface area contributed by atoms with E-state index in [0.717, 1.165) is 0 Å². The van der Waals surface area contributed by atoms with Gasteiger partial charge < -0.3 is 14.4 Å². The summed E-state index contributed by atoms with van der Waals surface area (Å²) < 4.78 is 9.60. The molecular formula is C21H31NO5. The summed E-state index contributed by atoms with van der Waals surface area (Å²) in [7, 11) is 1.31. The second kappa shape index (κ2) is 15.4. The standard InChI is InChI=1S/C15H17NO5.2C2H6.C2H2/c1-3-21-14(18)9-16-12(8-13(16)17)10-6-4-5-7-11(10)15(19)20-2;3*1-2/h4-7,12H,3,8-9H2,1-2H3;2*1-2H3;1-2H/t12-;;;/m0.../s1. The predicted octanol–water partition coefficient (Wildman–Crippen LogP) is 3.61. The van der Waals surface area contributed by atoms with Gasteiger partial charge in [-0.1, -0.05) is 45.9 Å². The SMILES string of the molecule is C#C.CC.CC.CCOC(=O)CN1C(=O)C[C@H]1c1ccccc1C(=O)OC. The maximum atomic E-state index is 11.8. The lowest BCUT2D eigenvalue weighted by atomic mass is 9.90. The molecule has 0 spiro atoms. The summed E-state index contributed by atoms with van der Waals surface area (Å²) in [6.45, 7) is 9.87. The van der Waals surface area contributed by atoms with Crippen molar-refractivity contribution >= 4 is 17.8 Å². The van der Waals surface area contributed by atoms with E-state index in [1.807, 2.05) is 27.7 Å². The number of nitrogens with zero attached hydrogens (tertiary/aromatic N) is 1. The van der Waals surface area contributed by atoms with Gasteiger partial charge in [-0.25, -0.2) is 4.79 Å². The third-order valence-electron chi connectivity index (χ3n) is 3.39. The van der Waals surface area contributed by atoms with Crippen molar-refractivity contribution in [2.45, 2.75) is 47.1 Å². The highest BCUT2D eigenvalue weighted by Crippen LogP contribution is 2.36.